The molecule has 0 aromatic rings. The molecule has 0 aromatic heterocycles. The monoisotopic (exact) mass is 254 g/mol. The van der Waals surface area contributed by atoms with Crippen molar-refractivity contribution in [2.24, 2.45) is 29.1 Å². The molecular weight excluding hydrogens is 228 g/mol. The van der Waals surface area contributed by atoms with Gasteiger partial charge in [0.2, 0.25) is 0 Å². The molecule has 3 N–H and O–H groups in total. The summed E-state index contributed by atoms with van der Waals surface area (Å²) < 4.78 is 0. The van der Waals surface area contributed by atoms with E-state index in [1.807, 2.05) is 0 Å². The normalized spacial score (nSPS) is 44.4. The molecule has 0 amide bonds. The summed E-state index contributed by atoms with van der Waals surface area (Å²) in [5, 5.41) is 28.8. The largest absolute Gasteiger partial charge is 0.396 e. The van der Waals surface area contributed by atoms with Crippen molar-refractivity contribution in [2.75, 3.05) is 19.8 Å². The first-order valence-corrected chi connectivity index (χ1v) is 7.10. The number of aliphatic hydroxyl groups excluding tert-OH is 3. The van der Waals surface area contributed by atoms with Gasteiger partial charge in [-0.05, 0) is 37.0 Å². The van der Waals surface area contributed by atoms with Crippen LogP contribution in [0.4, 0.5) is 0 Å². The summed E-state index contributed by atoms with van der Waals surface area (Å²) in [5.74, 6) is 1.30. The predicted octanol–water partition coefficient (Wildman–Crippen LogP) is 1.58. The lowest BCUT2D eigenvalue weighted by Crippen LogP contribution is -2.24. The van der Waals surface area contributed by atoms with E-state index in [4.69, 9.17) is 0 Å². The Labute approximate surface area is 110 Å². The Balaban J connectivity index is 2.33. The van der Waals surface area contributed by atoms with Crippen molar-refractivity contribution in [1.29, 1.82) is 0 Å². The third kappa shape index (κ3) is 2.36. The van der Waals surface area contributed by atoms with E-state index >= 15 is 0 Å². The summed E-state index contributed by atoms with van der Waals surface area (Å²) in [7, 11) is 0. The minimum absolute atomic E-state index is 0.0818. The Morgan fingerprint density at radius 2 is 1.94 bits per heavy atom. The molecule has 5 atom stereocenters. The average Bonchev–Trinajstić information content (AvgIpc) is 2.67. The predicted molar refractivity (Wildman–Crippen MR) is 70.9 cm³/mol. The Bertz CT molecular complexity index is 326. The molecule has 0 aromatic carbocycles. The van der Waals surface area contributed by atoms with Gasteiger partial charge < -0.3 is 15.3 Å². The molecule has 18 heavy (non-hydrogen) atoms. The average molecular weight is 254 g/mol. The lowest BCUT2D eigenvalue weighted by molar-refractivity contribution is 0.134. The zero-order chi connectivity index (χ0) is 13.3. The molecule has 1 fully saturated rings. The fourth-order valence-electron chi connectivity index (χ4n) is 3.83. The van der Waals surface area contributed by atoms with Gasteiger partial charge in [-0.2, -0.15) is 0 Å². The Kier molecular flexibility index (Phi) is 4.15. The minimum Gasteiger partial charge on any atom is -0.396 e. The van der Waals surface area contributed by atoms with Gasteiger partial charge in [0.15, 0.2) is 0 Å². The zero-order valence-electron chi connectivity index (χ0n) is 11.5. The Hall–Kier alpha value is -0.380. The van der Waals surface area contributed by atoms with Crippen LogP contribution in [0.1, 0.15) is 33.1 Å². The lowest BCUT2D eigenvalue weighted by Gasteiger charge is -2.26. The zero-order valence-corrected chi connectivity index (χ0v) is 11.5. The van der Waals surface area contributed by atoms with Gasteiger partial charge in [-0.1, -0.05) is 25.5 Å². The minimum atomic E-state index is -0.140. The van der Waals surface area contributed by atoms with Gasteiger partial charge >= 0.3 is 0 Å². The Morgan fingerprint density at radius 1 is 1.22 bits per heavy atom. The second kappa shape index (κ2) is 5.32. The summed E-state index contributed by atoms with van der Waals surface area (Å²) in [5.41, 5.74) is 1.15. The highest BCUT2D eigenvalue weighted by atomic mass is 16.3. The first-order chi connectivity index (χ1) is 8.54. The SMILES string of the molecule is C[C@H]1CC[C@H](CO)[C@H](CO)C2=C[C@](C)(CO)C[C@H]21. The highest BCUT2D eigenvalue weighted by Crippen LogP contribution is 2.50. The fraction of sp³-hybridized carbons (Fsp3) is 0.867. The lowest BCUT2D eigenvalue weighted by atomic mass is 9.80. The van der Waals surface area contributed by atoms with Crippen LogP contribution in [-0.4, -0.2) is 35.1 Å². The molecule has 1 saturated carbocycles. The van der Waals surface area contributed by atoms with Crippen LogP contribution >= 0.6 is 0 Å². The van der Waals surface area contributed by atoms with Crippen molar-refractivity contribution < 1.29 is 15.3 Å². The van der Waals surface area contributed by atoms with Crippen LogP contribution < -0.4 is 0 Å². The summed E-state index contributed by atoms with van der Waals surface area (Å²) in [6.45, 7) is 4.78. The van der Waals surface area contributed by atoms with Gasteiger partial charge in [-0.3, -0.25) is 0 Å². The Morgan fingerprint density at radius 3 is 2.50 bits per heavy atom. The maximum absolute atomic E-state index is 9.68. The third-order valence-electron chi connectivity index (χ3n) is 5.10. The molecular formula is C15H26O3. The van der Waals surface area contributed by atoms with Crippen molar-refractivity contribution >= 4 is 0 Å². The van der Waals surface area contributed by atoms with Gasteiger partial charge in [0.05, 0.1) is 6.61 Å². The first-order valence-electron chi connectivity index (χ1n) is 7.10. The maximum Gasteiger partial charge on any atom is 0.0519 e. The summed E-state index contributed by atoms with van der Waals surface area (Å²) in [6.07, 6.45) is 5.26. The molecule has 0 bridgehead atoms. The van der Waals surface area contributed by atoms with E-state index in [1.54, 1.807) is 0 Å². The van der Waals surface area contributed by atoms with Gasteiger partial charge in [-0.15, -0.1) is 0 Å². The van der Waals surface area contributed by atoms with Crippen LogP contribution in [0.2, 0.25) is 0 Å². The molecule has 0 saturated heterocycles. The number of aliphatic hydroxyl groups is 3. The standard InChI is InChI=1S/C15H26O3/c1-10-3-4-11(7-16)14(8-17)13-6-15(2,9-18)5-12(10)13/h6,10-12,14,16-18H,3-5,7-9H2,1-2H3/t10-,11+,12-,14-,15+/m0/s1. The topological polar surface area (TPSA) is 60.7 Å². The van der Waals surface area contributed by atoms with Gasteiger partial charge in [0.25, 0.3) is 0 Å². The molecule has 0 spiro atoms. The van der Waals surface area contributed by atoms with Crippen LogP contribution in [0.15, 0.2) is 11.6 Å². The van der Waals surface area contributed by atoms with Crippen LogP contribution in [0.3, 0.4) is 0 Å². The molecule has 2 rings (SSSR count). The summed E-state index contributed by atoms with van der Waals surface area (Å²) in [4.78, 5) is 0. The van der Waals surface area contributed by atoms with E-state index in [2.05, 4.69) is 19.9 Å². The second-order valence-electron chi connectivity index (χ2n) is 6.55. The van der Waals surface area contributed by atoms with E-state index in [0.29, 0.717) is 11.8 Å². The van der Waals surface area contributed by atoms with E-state index < -0.39 is 0 Å². The molecule has 2 aliphatic carbocycles. The van der Waals surface area contributed by atoms with Crippen molar-refractivity contribution in [2.45, 2.75) is 33.1 Å². The van der Waals surface area contributed by atoms with E-state index in [0.717, 1.165) is 19.3 Å². The van der Waals surface area contributed by atoms with Gasteiger partial charge in [0.1, 0.15) is 0 Å². The molecule has 0 radical (unpaired) electrons. The maximum atomic E-state index is 9.68. The van der Waals surface area contributed by atoms with E-state index in [9.17, 15) is 15.3 Å². The van der Waals surface area contributed by atoms with Crippen molar-refractivity contribution in [3.8, 4) is 0 Å². The fourth-order valence-corrected chi connectivity index (χ4v) is 3.83. The van der Waals surface area contributed by atoms with Crippen LogP contribution in [0.25, 0.3) is 0 Å². The first kappa shape index (κ1) is 14.0. The molecule has 0 unspecified atom stereocenters. The summed E-state index contributed by atoms with van der Waals surface area (Å²) in [6, 6.07) is 0. The van der Waals surface area contributed by atoms with Crippen molar-refractivity contribution in [3.63, 3.8) is 0 Å². The molecule has 104 valence electrons. The third-order valence-corrected chi connectivity index (χ3v) is 5.10. The number of fused-ring (bicyclic) bond motifs is 1. The van der Waals surface area contributed by atoms with Crippen LogP contribution in [-0.2, 0) is 0 Å². The quantitative estimate of drug-likeness (QED) is 0.670. The number of hydrogen-bond acceptors (Lipinski definition) is 3. The number of rotatable bonds is 3. The number of hydrogen-bond donors (Lipinski definition) is 3. The summed E-state index contributed by atoms with van der Waals surface area (Å²) >= 11 is 0. The smallest absolute Gasteiger partial charge is 0.0519 e. The molecule has 0 aliphatic heterocycles. The van der Waals surface area contributed by atoms with Crippen LogP contribution in [0.5, 0.6) is 0 Å². The highest BCUT2D eigenvalue weighted by Gasteiger charge is 2.43. The molecule has 3 heteroatoms. The second-order valence-corrected chi connectivity index (χ2v) is 6.55. The van der Waals surface area contributed by atoms with Crippen LogP contribution in [0, 0.1) is 29.1 Å². The van der Waals surface area contributed by atoms with E-state index in [1.165, 1.54) is 5.57 Å². The van der Waals surface area contributed by atoms with E-state index in [-0.39, 0.29) is 37.1 Å². The highest BCUT2D eigenvalue weighted by molar-refractivity contribution is 5.25. The van der Waals surface area contributed by atoms with Crippen molar-refractivity contribution in [1.82, 2.24) is 0 Å². The molecule has 3 nitrogen and oxygen atoms in total. The molecule has 2 aliphatic rings. The molecule has 0 heterocycles. The van der Waals surface area contributed by atoms with Crippen molar-refractivity contribution in [3.05, 3.63) is 11.6 Å². The van der Waals surface area contributed by atoms with Gasteiger partial charge in [0, 0.05) is 24.5 Å². The van der Waals surface area contributed by atoms with Gasteiger partial charge in [-0.25, -0.2) is 0 Å².